The van der Waals surface area contributed by atoms with Crippen molar-refractivity contribution in [1.82, 2.24) is 0 Å². The zero-order valence-electron chi connectivity index (χ0n) is 5.52. The first-order valence-electron chi connectivity index (χ1n) is 2.37. The second-order valence-electron chi connectivity index (χ2n) is 1.90. The van der Waals surface area contributed by atoms with Crippen molar-refractivity contribution in [3.05, 3.63) is 0 Å². The van der Waals surface area contributed by atoms with E-state index in [1.54, 1.807) is 13.8 Å². The van der Waals surface area contributed by atoms with Crippen LogP contribution in [0.15, 0.2) is 0 Å². The molecule has 0 saturated carbocycles. The van der Waals surface area contributed by atoms with E-state index in [1.165, 1.54) is 0 Å². The molecule has 0 bridgehead atoms. The molecule has 0 amide bonds. The van der Waals surface area contributed by atoms with Crippen LogP contribution in [0.4, 0.5) is 4.20 Å². The van der Waals surface area contributed by atoms with Gasteiger partial charge in [-0.1, -0.05) is 0 Å². The normalized spacial score (nSPS) is 16.6. The maximum atomic E-state index is 12.0. The number of rotatable bonds is 2. The van der Waals surface area contributed by atoms with Gasteiger partial charge in [0.25, 0.3) is 0 Å². The predicted molar refractivity (Wildman–Crippen MR) is 30.9 cm³/mol. The molecule has 61 valence electrons. The molecule has 0 N–H and O–H groups in total. The molecule has 9 heavy (non-hydrogen) atoms. The monoisotopic (exact) mass is 247 g/mol. The van der Waals surface area contributed by atoms with E-state index in [0.29, 0.717) is 0 Å². The maximum absolute atomic E-state index is 12.0. The summed E-state index contributed by atoms with van der Waals surface area (Å²) in [5.74, 6) is 0. The van der Waals surface area contributed by atoms with Crippen LogP contribution in [0.3, 0.4) is 0 Å². The molecule has 0 aliphatic heterocycles. The van der Waals surface area contributed by atoms with Gasteiger partial charge in [0.05, 0.1) is 6.10 Å². The molecule has 0 aromatic rings. The Morgan fingerprint density at radius 2 is 1.89 bits per heavy atom. The summed E-state index contributed by atoms with van der Waals surface area (Å²) in [6.07, 6.45) is -0.296. The van der Waals surface area contributed by atoms with Crippen LogP contribution in [-0.4, -0.2) is 12.8 Å². The fourth-order valence-corrected chi connectivity index (χ4v) is 1.13. The van der Waals surface area contributed by atoms with E-state index in [2.05, 4.69) is 4.52 Å². The number of halogens is 1. The first kappa shape index (κ1) is 12.5. The van der Waals surface area contributed by atoms with E-state index < -0.39 is 7.68 Å². The van der Waals surface area contributed by atoms with Gasteiger partial charge in [-0.15, -0.1) is 0 Å². The molecule has 1 atom stereocenters. The third-order valence-electron chi connectivity index (χ3n) is 0.399. The van der Waals surface area contributed by atoms with Gasteiger partial charge < -0.3 is 4.52 Å². The van der Waals surface area contributed by atoms with E-state index in [-0.39, 0.29) is 28.5 Å². The minimum Gasteiger partial charge on any atom is -0.303 e. The quantitative estimate of drug-likeness (QED) is 0.553. The first-order valence-corrected chi connectivity index (χ1v) is 4.33. The van der Waals surface area contributed by atoms with Crippen LogP contribution >= 0.6 is 7.68 Å². The Bertz CT molecular complexity index is 111. The van der Waals surface area contributed by atoms with Gasteiger partial charge in [-0.3, -0.25) is 4.57 Å². The summed E-state index contributed by atoms with van der Waals surface area (Å²) < 4.78 is 26.4. The number of hydrogen-bond donors (Lipinski definition) is 0. The summed E-state index contributed by atoms with van der Waals surface area (Å²) in [4.78, 5) is 0. The molecule has 0 heterocycles. The Morgan fingerprint density at radius 3 is 1.89 bits per heavy atom. The van der Waals surface area contributed by atoms with Gasteiger partial charge in [0, 0.05) is 29.0 Å². The first-order chi connectivity index (χ1) is 3.42. The van der Waals surface area contributed by atoms with Crippen molar-refractivity contribution in [2.45, 2.75) is 20.0 Å². The summed E-state index contributed by atoms with van der Waals surface area (Å²) in [5, 5.41) is 0. The molecule has 0 aliphatic carbocycles. The van der Waals surface area contributed by atoms with E-state index >= 15 is 0 Å². The minimum absolute atomic E-state index is 0. The van der Waals surface area contributed by atoms with Crippen LogP contribution < -0.4 is 0 Å². The van der Waals surface area contributed by atoms with Crippen molar-refractivity contribution >= 4 is 7.68 Å². The topological polar surface area (TPSA) is 26.3 Å². The molecule has 2 nitrogen and oxygen atoms in total. The summed E-state index contributed by atoms with van der Waals surface area (Å²) >= 11 is 0. The predicted octanol–water partition coefficient (Wildman–Crippen LogP) is 2.20. The van der Waals surface area contributed by atoms with Crippen molar-refractivity contribution in [2.75, 3.05) is 6.66 Å². The van der Waals surface area contributed by atoms with Crippen LogP contribution in [0.1, 0.15) is 13.8 Å². The molecule has 0 saturated heterocycles. The summed E-state index contributed by atoms with van der Waals surface area (Å²) in [6, 6.07) is 0. The van der Waals surface area contributed by atoms with Gasteiger partial charge in [0.15, 0.2) is 0 Å². The van der Waals surface area contributed by atoms with Crippen LogP contribution in [0.25, 0.3) is 0 Å². The van der Waals surface area contributed by atoms with Gasteiger partial charge >= 0.3 is 7.68 Å². The average molecular weight is 248 g/mol. The molecule has 0 rings (SSSR count). The Hall–Kier alpha value is 0.860. The van der Waals surface area contributed by atoms with Crippen LogP contribution in [0, 0.1) is 0 Å². The third-order valence-corrected chi connectivity index (χ3v) is 1.20. The molecule has 1 radical (unpaired) electrons. The Kier molecular flexibility index (Phi) is 6.46. The van der Waals surface area contributed by atoms with Crippen molar-refractivity contribution in [3.8, 4) is 0 Å². The van der Waals surface area contributed by atoms with Crippen molar-refractivity contribution in [3.63, 3.8) is 0 Å². The van der Waals surface area contributed by atoms with E-state index in [1.807, 2.05) is 0 Å². The van der Waals surface area contributed by atoms with Crippen LogP contribution in [-0.2, 0) is 31.5 Å². The van der Waals surface area contributed by atoms with Gasteiger partial charge in [0.2, 0.25) is 0 Å². The molecule has 0 aromatic carbocycles. The Morgan fingerprint density at radius 1 is 1.56 bits per heavy atom. The van der Waals surface area contributed by atoms with E-state index in [9.17, 15) is 8.76 Å². The smallest absolute Gasteiger partial charge is 0.303 e. The fraction of sp³-hybridized carbons (Fsp3) is 1.00. The van der Waals surface area contributed by atoms with Gasteiger partial charge in [-0.05, 0) is 13.8 Å². The SMILES string of the molecule is CC(C)OP(C)(=O)F.[Ag]. The molecular formula is C4H10AgFO2P. The molecule has 0 fully saturated rings. The summed E-state index contributed by atoms with van der Waals surface area (Å²) in [5.41, 5.74) is 0. The zero-order valence-corrected chi connectivity index (χ0v) is 7.90. The molecule has 0 aromatic heterocycles. The largest absolute Gasteiger partial charge is 0.364 e. The zero-order chi connectivity index (χ0) is 6.78. The average Bonchev–Trinajstić information content (AvgIpc) is 1.21. The summed E-state index contributed by atoms with van der Waals surface area (Å²) in [6.45, 7) is 4.22. The second kappa shape index (κ2) is 4.64. The molecule has 0 spiro atoms. The second-order valence-corrected chi connectivity index (χ2v) is 3.61. The Balaban J connectivity index is 0. The van der Waals surface area contributed by atoms with Crippen molar-refractivity contribution < 1.29 is 35.7 Å². The van der Waals surface area contributed by atoms with Crippen molar-refractivity contribution in [1.29, 1.82) is 0 Å². The van der Waals surface area contributed by atoms with E-state index in [0.717, 1.165) is 6.66 Å². The number of hydrogen-bond acceptors (Lipinski definition) is 2. The Labute approximate surface area is 70.2 Å². The van der Waals surface area contributed by atoms with Gasteiger partial charge in [-0.25, -0.2) is 0 Å². The maximum Gasteiger partial charge on any atom is 0.364 e. The van der Waals surface area contributed by atoms with Gasteiger partial charge in [0.1, 0.15) is 0 Å². The minimum atomic E-state index is -3.72. The van der Waals surface area contributed by atoms with Crippen LogP contribution in [0.5, 0.6) is 0 Å². The standard InChI is InChI=1S/C4H10FO2P.Ag/c1-4(2)7-8(3,5)6;/h4H,1-3H3;. The molecule has 0 aliphatic rings. The molecule has 1 unspecified atom stereocenters. The van der Waals surface area contributed by atoms with Crippen LogP contribution in [0.2, 0.25) is 0 Å². The van der Waals surface area contributed by atoms with E-state index in [4.69, 9.17) is 0 Å². The van der Waals surface area contributed by atoms with Gasteiger partial charge in [-0.2, -0.15) is 4.20 Å². The van der Waals surface area contributed by atoms with Crippen molar-refractivity contribution in [2.24, 2.45) is 0 Å². The molecular weight excluding hydrogens is 238 g/mol. The third kappa shape index (κ3) is 12.1. The summed E-state index contributed by atoms with van der Waals surface area (Å²) in [7, 11) is -3.72. The fourth-order valence-electron chi connectivity index (χ4n) is 0.377. The molecule has 5 heteroatoms.